The fraction of sp³-hybridized carbons (Fsp3) is 0.333. The number of aryl methyl sites for hydroxylation is 2. The van der Waals surface area contributed by atoms with E-state index in [4.69, 9.17) is 5.73 Å². The molecule has 2 aromatic heterocycles. The quantitative estimate of drug-likeness (QED) is 0.788. The normalized spacial score (nSPS) is 21.3. The Morgan fingerprint density at radius 1 is 1.22 bits per heavy atom. The monoisotopic (exact) mass is 307 g/mol. The van der Waals surface area contributed by atoms with Gasteiger partial charge >= 0.3 is 0 Å². The number of nitrogens with zero attached hydrogens (tertiary/aromatic N) is 4. The molecule has 1 aliphatic heterocycles. The Morgan fingerprint density at radius 2 is 2.04 bits per heavy atom. The second-order valence-corrected chi connectivity index (χ2v) is 6.44. The lowest BCUT2D eigenvalue weighted by Gasteiger charge is -2.21. The first-order valence-electron chi connectivity index (χ1n) is 7.96. The van der Waals surface area contributed by atoms with Crippen LogP contribution in [0.25, 0.3) is 10.9 Å². The molecule has 3 heterocycles. The van der Waals surface area contributed by atoms with Crippen LogP contribution in [0.2, 0.25) is 0 Å². The second kappa shape index (κ2) is 5.35. The van der Waals surface area contributed by atoms with Gasteiger partial charge in [-0.15, -0.1) is 0 Å². The van der Waals surface area contributed by atoms with Crippen molar-refractivity contribution in [1.82, 2.24) is 14.5 Å². The lowest BCUT2D eigenvalue weighted by atomic mass is 10.0. The summed E-state index contributed by atoms with van der Waals surface area (Å²) in [6.45, 7) is 3.78. The summed E-state index contributed by atoms with van der Waals surface area (Å²) in [6, 6.07) is 10.6. The fourth-order valence-corrected chi connectivity index (χ4v) is 3.51. The first-order valence-corrected chi connectivity index (χ1v) is 7.96. The molecule has 5 heteroatoms. The van der Waals surface area contributed by atoms with E-state index in [1.165, 1.54) is 11.1 Å². The second-order valence-electron chi connectivity index (χ2n) is 6.44. The van der Waals surface area contributed by atoms with Crippen molar-refractivity contribution in [3.05, 3.63) is 54.2 Å². The Balaban J connectivity index is 1.72. The number of benzene rings is 1. The molecule has 1 aliphatic rings. The number of anilines is 1. The van der Waals surface area contributed by atoms with Crippen molar-refractivity contribution in [3.8, 4) is 0 Å². The van der Waals surface area contributed by atoms with Gasteiger partial charge in [0.25, 0.3) is 0 Å². The smallest absolute Gasteiger partial charge is 0.0946 e. The molecule has 1 fully saturated rings. The van der Waals surface area contributed by atoms with E-state index in [0.717, 1.165) is 30.0 Å². The van der Waals surface area contributed by atoms with Crippen molar-refractivity contribution in [1.29, 1.82) is 0 Å². The van der Waals surface area contributed by atoms with E-state index in [1.807, 2.05) is 30.9 Å². The molecular formula is C18H21N5. The highest BCUT2D eigenvalue weighted by Crippen LogP contribution is 2.33. The van der Waals surface area contributed by atoms with E-state index in [2.05, 4.69) is 45.3 Å². The number of imidazole rings is 1. The Kier molecular flexibility index (Phi) is 3.31. The molecule has 5 nitrogen and oxygen atoms in total. The Hall–Kier alpha value is -2.40. The van der Waals surface area contributed by atoms with E-state index >= 15 is 0 Å². The number of aromatic nitrogens is 3. The van der Waals surface area contributed by atoms with Crippen molar-refractivity contribution >= 4 is 16.6 Å². The third kappa shape index (κ3) is 2.47. The topological polar surface area (TPSA) is 60.0 Å². The van der Waals surface area contributed by atoms with Gasteiger partial charge in [0.2, 0.25) is 0 Å². The minimum atomic E-state index is 0.0946. The van der Waals surface area contributed by atoms with Crippen molar-refractivity contribution in [3.63, 3.8) is 0 Å². The summed E-state index contributed by atoms with van der Waals surface area (Å²) in [5.74, 6) is 0.267. The average molecular weight is 307 g/mol. The predicted octanol–water partition coefficient (Wildman–Crippen LogP) is 2.21. The van der Waals surface area contributed by atoms with Gasteiger partial charge < -0.3 is 15.2 Å². The highest BCUT2D eigenvalue weighted by atomic mass is 15.2. The molecule has 0 saturated carbocycles. The number of rotatable bonds is 2. The van der Waals surface area contributed by atoms with Gasteiger partial charge in [0.1, 0.15) is 0 Å². The summed E-state index contributed by atoms with van der Waals surface area (Å²) in [5, 5.41) is 1.19. The van der Waals surface area contributed by atoms with Gasteiger partial charge in [-0.05, 0) is 19.1 Å². The molecule has 118 valence electrons. The summed E-state index contributed by atoms with van der Waals surface area (Å²) < 4.78 is 1.98. The first kappa shape index (κ1) is 14.2. The Labute approximate surface area is 135 Å². The van der Waals surface area contributed by atoms with Crippen LogP contribution in [0, 0.1) is 6.92 Å². The van der Waals surface area contributed by atoms with E-state index in [0.29, 0.717) is 0 Å². The number of pyridine rings is 1. The summed E-state index contributed by atoms with van der Waals surface area (Å²) in [6.07, 6.45) is 3.92. The zero-order valence-corrected chi connectivity index (χ0v) is 13.5. The molecule has 2 atom stereocenters. The SMILES string of the molecule is Cc1cc(N2C[C@@H](N)[C@H](c3cn(C)cn3)C2)c2ccccc2n1. The van der Waals surface area contributed by atoms with Crippen LogP contribution in [0.4, 0.5) is 5.69 Å². The van der Waals surface area contributed by atoms with Crippen LogP contribution >= 0.6 is 0 Å². The Bertz CT molecular complexity index is 853. The number of para-hydroxylation sites is 1. The summed E-state index contributed by atoms with van der Waals surface area (Å²) in [5.41, 5.74) is 10.8. The van der Waals surface area contributed by atoms with Crippen LogP contribution in [0.3, 0.4) is 0 Å². The summed E-state index contributed by atoms with van der Waals surface area (Å²) in [4.78, 5) is 11.5. The molecular weight excluding hydrogens is 286 g/mol. The van der Waals surface area contributed by atoms with Crippen LogP contribution in [-0.4, -0.2) is 33.7 Å². The molecule has 4 rings (SSSR count). The van der Waals surface area contributed by atoms with Gasteiger partial charge in [-0.25, -0.2) is 4.98 Å². The average Bonchev–Trinajstić information content (AvgIpc) is 3.12. The van der Waals surface area contributed by atoms with Gasteiger partial charge in [0.05, 0.1) is 17.5 Å². The van der Waals surface area contributed by atoms with Crippen LogP contribution in [-0.2, 0) is 7.05 Å². The third-order valence-corrected chi connectivity index (χ3v) is 4.63. The molecule has 1 aromatic carbocycles. The van der Waals surface area contributed by atoms with Crippen molar-refractivity contribution in [2.24, 2.45) is 12.8 Å². The maximum Gasteiger partial charge on any atom is 0.0946 e. The molecule has 23 heavy (non-hydrogen) atoms. The number of hydrogen-bond acceptors (Lipinski definition) is 4. The van der Waals surface area contributed by atoms with Crippen molar-refractivity contribution in [2.45, 2.75) is 18.9 Å². The minimum Gasteiger partial charge on any atom is -0.369 e. The number of fused-ring (bicyclic) bond motifs is 1. The van der Waals surface area contributed by atoms with Gasteiger partial charge in [-0.1, -0.05) is 18.2 Å². The number of nitrogens with two attached hydrogens (primary N) is 1. The maximum atomic E-state index is 6.42. The highest BCUT2D eigenvalue weighted by molar-refractivity contribution is 5.92. The van der Waals surface area contributed by atoms with Gasteiger partial charge in [0.15, 0.2) is 0 Å². The molecule has 0 aliphatic carbocycles. The molecule has 0 radical (unpaired) electrons. The first-order chi connectivity index (χ1) is 11.1. The lowest BCUT2D eigenvalue weighted by molar-refractivity contribution is 0.639. The molecule has 1 saturated heterocycles. The zero-order valence-electron chi connectivity index (χ0n) is 13.5. The van der Waals surface area contributed by atoms with E-state index in [1.54, 1.807) is 0 Å². The lowest BCUT2D eigenvalue weighted by Crippen LogP contribution is -2.29. The van der Waals surface area contributed by atoms with Crippen LogP contribution in [0.15, 0.2) is 42.9 Å². The van der Waals surface area contributed by atoms with Crippen LogP contribution in [0.1, 0.15) is 17.3 Å². The molecule has 0 bridgehead atoms. The minimum absolute atomic E-state index is 0.0946. The van der Waals surface area contributed by atoms with E-state index in [-0.39, 0.29) is 12.0 Å². The predicted molar refractivity (Wildman–Crippen MR) is 92.6 cm³/mol. The summed E-state index contributed by atoms with van der Waals surface area (Å²) in [7, 11) is 1.99. The molecule has 3 aromatic rings. The third-order valence-electron chi connectivity index (χ3n) is 4.63. The zero-order chi connectivity index (χ0) is 16.0. The number of hydrogen-bond donors (Lipinski definition) is 1. The Morgan fingerprint density at radius 3 is 2.83 bits per heavy atom. The summed E-state index contributed by atoms with van der Waals surface area (Å²) >= 11 is 0. The van der Waals surface area contributed by atoms with Crippen molar-refractivity contribution < 1.29 is 0 Å². The van der Waals surface area contributed by atoms with Gasteiger partial charge in [-0.3, -0.25) is 4.98 Å². The highest BCUT2D eigenvalue weighted by Gasteiger charge is 2.33. The van der Waals surface area contributed by atoms with Gasteiger partial charge in [0, 0.05) is 55.1 Å². The van der Waals surface area contributed by atoms with Crippen LogP contribution < -0.4 is 10.6 Å². The van der Waals surface area contributed by atoms with Crippen LogP contribution in [0.5, 0.6) is 0 Å². The molecule has 0 unspecified atom stereocenters. The fourth-order valence-electron chi connectivity index (χ4n) is 3.51. The standard InChI is InChI=1S/C18H21N5/c1-12-7-18(13-5-3-4-6-16(13)21-12)23-8-14(15(19)9-23)17-10-22(2)11-20-17/h3-7,10-11,14-15H,8-9,19H2,1-2H3/t14-,15-/m1/s1. The maximum absolute atomic E-state index is 6.42. The molecule has 0 spiro atoms. The van der Waals surface area contributed by atoms with Gasteiger partial charge in [-0.2, -0.15) is 0 Å². The van der Waals surface area contributed by atoms with E-state index in [9.17, 15) is 0 Å². The van der Waals surface area contributed by atoms with Crippen molar-refractivity contribution in [2.75, 3.05) is 18.0 Å². The molecule has 0 amide bonds. The van der Waals surface area contributed by atoms with E-state index < -0.39 is 0 Å². The molecule has 2 N–H and O–H groups in total. The largest absolute Gasteiger partial charge is 0.369 e.